The average molecular weight is 370 g/mol. The van der Waals surface area contributed by atoms with E-state index in [1.54, 1.807) is 5.57 Å². The van der Waals surface area contributed by atoms with Crippen molar-refractivity contribution in [2.24, 2.45) is 17.3 Å². The van der Waals surface area contributed by atoms with Gasteiger partial charge in [0.05, 0.1) is 12.2 Å². The van der Waals surface area contributed by atoms with Gasteiger partial charge in [-0.3, -0.25) is 9.69 Å². The summed E-state index contributed by atoms with van der Waals surface area (Å²) in [5.74, 6) is 1.64. The summed E-state index contributed by atoms with van der Waals surface area (Å²) < 4.78 is 1.92. The Bertz CT molecular complexity index is 754. The quantitative estimate of drug-likeness (QED) is 0.811. The molecule has 2 saturated carbocycles. The van der Waals surface area contributed by atoms with E-state index in [9.17, 15) is 4.79 Å². The highest BCUT2D eigenvalue weighted by atomic mass is 16.2. The molecule has 3 fully saturated rings. The van der Waals surface area contributed by atoms with Crippen LogP contribution >= 0.6 is 0 Å². The molecule has 5 aliphatic rings. The maximum absolute atomic E-state index is 12.1. The Hall–Kier alpha value is -1.69. The second-order valence-corrected chi connectivity index (χ2v) is 9.66. The van der Waals surface area contributed by atoms with Gasteiger partial charge in [0.15, 0.2) is 5.69 Å². The van der Waals surface area contributed by atoms with E-state index in [1.165, 1.54) is 12.8 Å². The van der Waals surface area contributed by atoms with Gasteiger partial charge in [0.25, 0.3) is 5.91 Å². The first-order chi connectivity index (χ1) is 13.0. The summed E-state index contributed by atoms with van der Waals surface area (Å²) in [4.78, 5) is 14.7. The monoisotopic (exact) mass is 369 g/mol. The SMILES string of the molecule is CC1(C)[C@H]2CC=C(CN3CCC(n4cc(C(=O)NC5CC5)nn4)CC3)[C@@H]1C2. The molecule has 6 rings (SSSR count). The van der Waals surface area contributed by atoms with Crippen LogP contribution in [0.15, 0.2) is 17.8 Å². The second-order valence-electron chi connectivity index (χ2n) is 9.66. The molecule has 1 N–H and O–H groups in total. The van der Waals surface area contributed by atoms with Gasteiger partial charge in [0, 0.05) is 25.7 Å². The van der Waals surface area contributed by atoms with E-state index in [0.29, 0.717) is 23.2 Å². The summed E-state index contributed by atoms with van der Waals surface area (Å²) >= 11 is 0. The number of carbonyl (C=O) groups excluding carboxylic acids is 1. The molecule has 1 aromatic heterocycles. The molecule has 0 aromatic carbocycles. The van der Waals surface area contributed by atoms with Gasteiger partial charge in [-0.15, -0.1) is 5.10 Å². The van der Waals surface area contributed by atoms with Crippen molar-refractivity contribution < 1.29 is 4.79 Å². The highest BCUT2D eigenvalue weighted by Crippen LogP contribution is 2.59. The van der Waals surface area contributed by atoms with Gasteiger partial charge in [-0.05, 0) is 55.8 Å². The molecule has 0 radical (unpaired) electrons. The fraction of sp³-hybridized carbons (Fsp3) is 0.762. The van der Waals surface area contributed by atoms with Crippen LogP contribution < -0.4 is 5.32 Å². The smallest absolute Gasteiger partial charge is 0.273 e. The second kappa shape index (κ2) is 6.43. The minimum Gasteiger partial charge on any atom is -0.348 e. The van der Waals surface area contributed by atoms with Crippen LogP contribution in [0.25, 0.3) is 0 Å². The van der Waals surface area contributed by atoms with Crippen LogP contribution in [0.3, 0.4) is 0 Å². The molecule has 2 heterocycles. The minimum atomic E-state index is -0.0770. The first-order valence-electron chi connectivity index (χ1n) is 10.6. The largest absolute Gasteiger partial charge is 0.348 e. The van der Waals surface area contributed by atoms with Crippen molar-refractivity contribution in [3.8, 4) is 0 Å². The molecule has 1 amide bonds. The van der Waals surface area contributed by atoms with Gasteiger partial charge in [0.1, 0.15) is 0 Å². The molecular weight excluding hydrogens is 338 g/mol. The van der Waals surface area contributed by atoms with Crippen molar-refractivity contribution in [2.45, 2.75) is 64.5 Å². The lowest BCUT2D eigenvalue weighted by Gasteiger charge is -2.57. The number of fused-ring (bicyclic) bond motifs is 1. The number of likely N-dealkylation sites (tertiary alicyclic amines) is 1. The third kappa shape index (κ3) is 3.22. The van der Waals surface area contributed by atoms with E-state index < -0.39 is 0 Å². The highest BCUT2D eigenvalue weighted by molar-refractivity contribution is 5.92. The van der Waals surface area contributed by atoms with Crippen LogP contribution in [0.5, 0.6) is 0 Å². The molecule has 146 valence electrons. The zero-order valence-corrected chi connectivity index (χ0v) is 16.5. The first kappa shape index (κ1) is 17.4. The van der Waals surface area contributed by atoms with Gasteiger partial charge in [-0.2, -0.15) is 0 Å². The topological polar surface area (TPSA) is 63.1 Å². The number of hydrogen-bond donors (Lipinski definition) is 1. The van der Waals surface area contributed by atoms with Crippen molar-refractivity contribution >= 4 is 5.91 Å². The van der Waals surface area contributed by atoms with E-state index in [0.717, 1.165) is 57.2 Å². The Morgan fingerprint density at radius 1 is 1.26 bits per heavy atom. The number of carbonyl (C=O) groups is 1. The Labute approximate surface area is 161 Å². The molecule has 6 nitrogen and oxygen atoms in total. The Morgan fingerprint density at radius 3 is 2.70 bits per heavy atom. The van der Waals surface area contributed by atoms with Crippen molar-refractivity contribution in [2.75, 3.05) is 19.6 Å². The summed E-state index contributed by atoms with van der Waals surface area (Å²) in [6, 6.07) is 0.719. The van der Waals surface area contributed by atoms with E-state index in [-0.39, 0.29) is 5.91 Å². The zero-order valence-electron chi connectivity index (χ0n) is 16.5. The minimum absolute atomic E-state index is 0.0770. The standard InChI is InChI=1S/C21H31N5O/c1-21(2)15-4-3-14(18(21)11-15)12-25-9-7-17(8-10-25)26-13-19(23-24-26)20(27)22-16-5-6-16/h3,13,15-18H,4-12H2,1-2H3,(H,22,27)/t15-,18-/m0/s1. The lowest BCUT2D eigenvalue weighted by atomic mass is 9.49. The summed E-state index contributed by atoms with van der Waals surface area (Å²) in [6.07, 6.45) is 11.4. The lowest BCUT2D eigenvalue weighted by molar-refractivity contribution is -0.0115. The number of hydrogen-bond acceptors (Lipinski definition) is 4. The van der Waals surface area contributed by atoms with Crippen LogP contribution in [0.4, 0.5) is 0 Å². The van der Waals surface area contributed by atoms with Crippen LogP contribution in [0.2, 0.25) is 0 Å². The number of nitrogens with one attached hydrogen (secondary N) is 1. The fourth-order valence-corrected chi connectivity index (χ4v) is 5.30. The van der Waals surface area contributed by atoms with Crippen molar-refractivity contribution in [3.05, 3.63) is 23.5 Å². The van der Waals surface area contributed by atoms with E-state index >= 15 is 0 Å². The number of piperidine rings is 1. The summed E-state index contributed by atoms with van der Waals surface area (Å²) in [5, 5.41) is 11.3. The Morgan fingerprint density at radius 2 is 2.04 bits per heavy atom. The summed E-state index contributed by atoms with van der Waals surface area (Å²) in [5.41, 5.74) is 2.65. The normalized spacial score (nSPS) is 30.5. The maximum atomic E-state index is 12.1. The molecule has 6 heteroatoms. The van der Waals surface area contributed by atoms with Crippen LogP contribution in [-0.2, 0) is 0 Å². The van der Waals surface area contributed by atoms with E-state index in [1.807, 2.05) is 10.9 Å². The molecule has 4 aliphatic carbocycles. The number of rotatable bonds is 5. The predicted octanol–water partition coefficient (Wildman–Crippen LogP) is 2.80. The maximum Gasteiger partial charge on any atom is 0.273 e. The van der Waals surface area contributed by atoms with E-state index in [2.05, 4.69) is 40.5 Å². The number of allylic oxidation sites excluding steroid dienone is 1. The van der Waals surface area contributed by atoms with E-state index in [4.69, 9.17) is 0 Å². The van der Waals surface area contributed by atoms with Gasteiger partial charge < -0.3 is 5.32 Å². The fourth-order valence-electron chi connectivity index (χ4n) is 5.30. The molecule has 0 unspecified atom stereocenters. The number of amides is 1. The molecular formula is C21H31N5O. The Kier molecular flexibility index (Phi) is 4.15. The third-order valence-corrected chi connectivity index (χ3v) is 7.58. The zero-order chi connectivity index (χ0) is 18.6. The van der Waals surface area contributed by atoms with Crippen LogP contribution in [-0.4, -0.2) is 51.5 Å². The lowest BCUT2D eigenvalue weighted by Crippen LogP contribution is -2.50. The van der Waals surface area contributed by atoms with Crippen molar-refractivity contribution in [3.63, 3.8) is 0 Å². The molecule has 1 saturated heterocycles. The molecule has 27 heavy (non-hydrogen) atoms. The molecule has 2 bridgehead atoms. The van der Waals surface area contributed by atoms with Gasteiger partial charge >= 0.3 is 0 Å². The predicted molar refractivity (Wildman–Crippen MR) is 103 cm³/mol. The first-order valence-corrected chi connectivity index (χ1v) is 10.6. The van der Waals surface area contributed by atoms with Gasteiger partial charge in [-0.1, -0.05) is 30.7 Å². The Balaban J connectivity index is 1.15. The van der Waals surface area contributed by atoms with Crippen molar-refractivity contribution in [1.82, 2.24) is 25.2 Å². The highest BCUT2D eigenvalue weighted by Gasteiger charge is 2.51. The summed E-state index contributed by atoms with van der Waals surface area (Å²) in [7, 11) is 0. The molecule has 1 aromatic rings. The summed E-state index contributed by atoms with van der Waals surface area (Å²) in [6.45, 7) is 8.24. The molecule has 1 aliphatic heterocycles. The molecule has 0 spiro atoms. The number of aromatic nitrogens is 3. The van der Waals surface area contributed by atoms with Gasteiger partial charge in [0.2, 0.25) is 0 Å². The van der Waals surface area contributed by atoms with Gasteiger partial charge in [-0.25, -0.2) is 4.68 Å². The average Bonchev–Trinajstić information content (AvgIpc) is 3.34. The van der Waals surface area contributed by atoms with Crippen molar-refractivity contribution in [1.29, 1.82) is 0 Å². The van der Waals surface area contributed by atoms with Crippen LogP contribution in [0, 0.1) is 17.3 Å². The molecule has 2 atom stereocenters. The number of nitrogens with zero attached hydrogens (tertiary/aromatic N) is 4. The van der Waals surface area contributed by atoms with Crippen LogP contribution in [0.1, 0.15) is 68.9 Å². The third-order valence-electron chi connectivity index (χ3n) is 7.58.